The second kappa shape index (κ2) is 2.55. The van der Waals surface area contributed by atoms with Crippen molar-refractivity contribution in [1.29, 1.82) is 0 Å². The SMILES string of the molecule is Cc1c(C(N)=O)nc2cccnn12. The molecule has 2 aromatic heterocycles. The predicted molar refractivity (Wildman–Crippen MR) is 46.2 cm³/mol. The van der Waals surface area contributed by atoms with Gasteiger partial charge in [-0.2, -0.15) is 5.10 Å². The quantitative estimate of drug-likeness (QED) is 0.671. The number of aryl methyl sites for hydroxylation is 1. The molecule has 0 aliphatic carbocycles. The Morgan fingerprint density at radius 1 is 1.62 bits per heavy atom. The summed E-state index contributed by atoms with van der Waals surface area (Å²) in [5.41, 5.74) is 6.72. The van der Waals surface area contributed by atoms with Crippen LogP contribution in [-0.2, 0) is 0 Å². The molecule has 13 heavy (non-hydrogen) atoms. The average molecular weight is 176 g/mol. The number of imidazole rings is 1. The highest BCUT2D eigenvalue weighted by molar-refractivity contribution is 5.92. The number of hydrogen-bond donors (Lipinski definition) is 1. The van der Waals surface area contributed by atoms with E-state index in [9.17, 15) is 4.79 Å². The van der Waals surface area contributed by atoms with Crippen molar-refractivity contribution in [2.75, 3.05) is 0 Å². The standard InChI is InChI=1S/C8H8N4O/c1-5-7(8(9)13)11-6-3-2-4-10-12(5)6/h2-4H,1H3,(H2,9,13). The molecule has 0 aliphatic heterocycles. The van der Waals surface area contributed by atoms with Crippen molar-refractivity contribution in [3.63, 3.8) is 0 Å². The second-order valence-electron chi connectivity index (χ2n) is 2.70. The molecule has 2 aromatic rings. The van der Waals surface area contributed by atoms with E-state index in [0.29, 0.717) is 11.3 Å². The molecule has 2 rings (SSSR count). The van der Waals surface area contributed by atoms with Gasteiger partial charge in [0.25, 0.3) is 5.91 Å². The molecule has 0 radical (unpaired) electrons. The Balaban J connectivity index is 2.81. The molecular weight excluding hydrogens is 168 g/mol. The lowest BCUT2D eigenvalue weighted by atomic mass is 10.3. The third-order valence-corrected chi connectivity index (χ3v) is 1.85. The first-order valence-electron chi connectivity index (χ1n) is 3.80. The summed E-state index contributed by atoms with van der Waals surface area (Å²) >= 11 is 0. The number of fused-ring (bicyclic) bond motifs is 1. The van der Waals surface area contributed by atoms with Crippen LogP contribution in [0.1, 0.15) is 16.2 Å². The van der Waals surface area contributed by atoms with Gasteiger partial charge in [-0.05, 0) is 19.1 Å². The molecule has 0 unspecified atom stereocenters. The molecule has 5 heteroatoms. The molecule has 0 saturated heterocycles. The fourth-order valence-corrected chi connectivity index (χ4v) is 1.24. The minimum absolute atomic E-state index is 0.277. The molecule has 2 N–H and O–H groups in total. The Bertz CT molecular complexity index is 474. The van der Waals surface area contributed by atoms with Crippen LogP contribution in [0.3, 0.4) is 0 Å². The lowest BCUT2D eigenvalue weighted by Gasteiger charge is -1.92. The van der Waals surface area contributed by atoms with Gasteiger partial charge in [0, 0.05) is 6.20 Å². The van der Waals surface area contributed by atoms with Crippen LogP contribution in [0.2, 0.25) is 0 Å². The number of carbonyl (C=O) groups is 1. The van der Waals surface area contributed by atoms with Gasteiger partial charge >= 0.3 is 0 Å². The molecule has 1 amide bonds. The van der Waals surface area contributed by atoms with Gasteiger partial charge in [-0.3, -0.25) is 4.79 Å². The van der Waals surface area contributed by atoms with E-state index in [4.69, 9.17) is 5.73 Å². The van der Waals surface area contributed by atoms with Gasteiger partial charge in [0.05, 0.1) is 5.69 Å². The largest absolute Gasteiger partial charge is 0.364 e. The van der Waals surface area contributed by atoms with Crippen LogP contribution in [0.25, 0.3) is 5.65 Å². The van der Waals surface area contributed by atoms with E-state index >= 15 is 0 Å². The minimum atomic E-state index is -0.525. The van der Waals surface area contributed by atoms with Crippen LogP contribution in [0.4, 0.5) is 0 Å². The van der Waals surface area contributed by atoms with E-state index in [1.165, 1.54) is 0 Å². The molecule has 0 aliphatic rings. The maximum Gasteiger partial charge on any atom is 0.269 e. The number of nitrogens with two attached hydrogens (primary N) is 1. The van der Waals surface area contributed by atoms with Gasteiger partial charge in [-0.15, -0.1) is 0 Å². The van der Waals surface area contributed by atoms with Crippen molar-refractivity contribution in [2.45, 2.75) is 6.92 Å². The van der Waals surface area contributed by atoms with Crippen LogP contribution >= 0.6 is 0 Å². The van der Waals surface area contributed by atoms with Crippen molar-refractivity contribution in [3.8, 4) is 0 Å². The third kappa shape index (κ3) is 1.05. The van der Waals surface area contributed by atoms with Gasteiger partial charge in [0.1, 0.15) is 0 Å². The van der Waals surface area contributed by atoms with E-state index in [0.717, 1.165) is 0 Å². The van der Waals surface area contributed by atoms with Crippen molar-refractivity contribution in [1.82, 2.24) is 14.6 Å². The molecule has 0 atom stereocenters. The first-order chi connectivity index (χ1) is 6.20. The highest BCUT2D eigenvalue weighted by Crippen LogP contribution is 2.08. The van der Waals surface area contributed by atoms with Crippen LogP contribution in [0, 0.1) is 6.92 Å². The summed E-state index contributed by atoms with van der Waals surface area (Å²) in [4.78, 5) is 14.9. The predicted octanol–water partition coefficient (Wildman–Crippen LogP) is 0.137. The van der Waals surface area contributed by atoms with Crippen LogP contribution in [0.15, 0.2) is 18.3 Å². The molecule has 0 aromatic carbocycles. The van der Waals surface area contributed by atoms with E-state index in [2.05, 4.69) is 10.1 Å². The zero-order chi connectivity index (χ0) is 9.42. The molecule has 0 fully saturated rings. The zero-order valence-electron chi connectivity index (χ0n) is 7.06. The van der Waals surface area contributed by atoms with Crippen molar-refractivity contribution in [3.05, 3.63) is 29.7 Å². The monoisotopic (exact) mass is 176 g/mol. The maximum atomic E-state index is 10.9. The van der Waals surface area contributed by atoms with Crippen molar-refractivity contribution in [2.24, 2.45) is 5.73 Å². The lowest BCUT2D eigenvalue weighted by molar-refractivity contribution is 0.0995. The summed E-state index contributed by atoms with van der Waals surface area (Å²) in [5, 5.41) is 4.03. The van der Waals surface area contributed by atoms with Gasteiger partial charge in [0.15, 0.2) is 11.3 Å². The number of aromatic nitrogens is 3. The summed E-state index contributed by atoms with van der Waals surface area (Å²) in [6.07, 6.45) is 1.63. The summed E-state index contributed by atoms with van der Waals surface area (Å²) in [7, 11) is 0. The normalized spacial score (nSPS) is 10.5. The Morgan fingerprint density at radius 3 is 3.00 bits per heavy atom. The summed E-state index contributed by atoms with van der Waals surface area (Å²) in [6.45, 7) is 1.76. The highest BCUT2D eigenvalue weighted by atomic mass is 16.1. The Hall–Kier alpha value is -1.91. The van der Waals surface area contributed by atoms with E-state index in [-0.39, 0.29) is 5.69 Å². The van der Waals surface area contributed by atoms with E-state index in [1.54, 1.807) is 29.8 Å². The molecular formula is C8H8N4O. The van der Waals surface area contributed by atoms with E-state index < -0.39 is 5.91 Å². The smallest absolute Gasteiger partial charge is 0.269 e. The van der Waals surface area contributed by atoms with Crippen LogP contribution in [-0.4, -0.2) is 20.5 Å². The minimum Gasteiger partial charge on any atom is -0.364 e. The fraction of sp³-hybridized carbons (Fsp3) is 0.125. The number of hydrogen-bond acceptors (Lipinski definition) is 3. The Morgan fingerprint density at radius 2 is 2.38 bits per heavy atom. The summed E-state index contributed by atoms with van der Waals surface area (Å²) in [5.74, 6) is -0.525. The number of primary amides is 1. The summed E-state index contributed by atoms with van der Waals surface area (Å²) in [6, 6.07) is 3.53. The first kappa shape index (κ1) is 7.72. The Labute approximate surface area is 74.2 Å². The number of amides is 1. The number of nitrogens with zero attached hydrogens (tertiary/aromatic N) is 3. The van der Waals surface area contributed by atoms with Crippen LogP contribution in [0.5, 0.6) is 0 Å². The first-order valence-corrected chi connectivity index (χ1v) is 3.80. The molecule has 5 nitrogen and oxygen atoms in total. The molecule has 0 saturated carbocycles. The lowest BCUT2D eigenvalue weighted by Crippen LogP contribution is -2.13. The highest BCUT2D eigenvalue weighted by Gasteiger charge is 2.12. The maximum absolute atomic E-state index is 10.9. The molecule has 0 spiro atoms. The van der Waals surface area contributed by atoms with E-state index in [1.807, 2.05) is 0 Å². The molecule has 0 bridgehead atoms. The average Bonchev–Trinajstić information content (AvgIpc) is 2.45. The fourth-order valence-electron chi connectivity index (χ4n) is 1.24. The number of rotatable bonds is 1. The van der Waals surface area contributed by atoms with Crippen molar-refractivity contribution >= 4 is 11.6 Å². The van der Waals surface area contributed by atoms with Gasteiger partial charge < -0.3 is 5.73 Å². The van der Waals surface area contributed by atoms with Crippen LogP contribution < -0.4 is 5.73 Å². The number of carbonyl (C=O) groups excluding carboxylic acids is 1. The third-order valence-electron chi connectivity index (χ3n) is 1.85. The van der Waals surface area contributed by atoms with Gasteiger partial charge in [0.2, 0.25) is 0 Å². The molecule has 2 heterocycles. The van der Waals surface area contributed by atoms with Gasteiger partial charge in [-0.1, -0.05) is 0 Å². The van der Waals surface area contributed by atoms with Crippen molar-refractivity contribution < 1.29 is 4.79 Å². The second-order valence-corrected chi connectivity index (χ2v) is 2.70. The zero-order valence-corrected chi connectivity index (χ0v) is 7.06. The Kier molecular flexibility index (Phi) is 1.51. The summed E-state index contributed by atoms with van der Waals surface area (Å²) < 4.78 is 1.58. The van der Waals surface area contributed by atoms with Gasteiger partial charge in [-0.25, -0.2) is 9.50 Å². The molecule has 66 valence electrons. The topological polar surface area (TPSA) is 73.3 Å².